The second-order valence-corrected chi connectivity index (χ2v) is 7.28. The number of rotatable bonds is 3. The normalized spacial score (nSPS) is 15.9. The number of nitrogens with one attached hydrogen (secondary N) is 2. The number of alkyl halides is 3. The zero-order chi connectivity index (χ0) is 19.9. The van der Waals surface area contributed by atoms with Crippen LogP contribution in [0.15, 0.2) is 36.4 Å². The molecule has 2 heterocycles. The molecule has 0 saturated carbocycles. The molecule has 0 atom stereocenters. The molecule has 148 valence electrons. The highest BCUT2D eigenvalue weighted by molar-refractivity contribution is 5.82. The highest BCUT2D eigenvalue weighted by atomic mass is 19.4. The Balaban J connectivity index is 1.47. The number of imidazole rings is 1. The maximum atomic E-state index is 12.9. The van der Waals surface area contributed by atoms with Crippen molar-refractivity contribution in [3.05, 3.63) is 42.0 Å². The van der Waals surface area contributed by atoms with Gasteiger partial charge in [-0.15, -0.1) is 0 Å². The number of hydrogen-bond donors (Lipinski definition) is 3. The molecule has 1 aliphatic heterocycles. The number of aromatic amines is 1. The topological polar surface area (TPSA) is 70.0 Å². The van der Waals surface area contributed by atoms with Gasteiger partial charge in [-0.1, -0.05) is 0 Å². The van der Waals surface area contributed by atoms with E-state index in [1.165, 1.54) is 0 Å². The van der Waals surface area contributed by atoms with Crippen LogP contribution in [0.3, 0.4) is 0 Å². The Kier molecular flexibility index (Phi) is 4.56. The molecule has 1 aromatic heterocycles. The van der Waals surface area contributed by atoms with Crippen molar-refractivity contribution in [2.24, 2.45) is 5.92 Å². The maximum absolute atomic E-state index is 12.9. The predicted molar refractivity (Wildman–Crippen MR) is 106 cm³/mol. The molecule has 1 aliphatic rings. The number of aryl methyl sites for hydroxylation is 1. The van der Waals surface area contributed by atoms with Crippen LogP contribution in [-0.4, -0.2) is 29.2 Å². The number of piperidine rings is 1. The van der Waals surface area contributed by atoms with E-state index in [9.17, 15) is 13.2 Å². The molecule has 0 bridgehead atoms. The lowest BCUT2D eigenvalue weighted by molar-refractivity contribution is -0.179. The number of H-pyrrole nitrogens is 1. The molecule has 0 amide bonds. The van der Waals surface area contributed by atoms with Crippen molar-refractivity contribution in [2.75, 3.05) is 29.0 Å². The zero-order valence-electron chi connectivity index (χ0n) is 15.5. The van der Waals surface area contributed by atoms with Gasteiger partial charge in [0.25, 0.3) is 0 Å². The Morgan fingerprint density at radius 2 is 1.89 bits per heavy atom. The maximum Gasteiger partial charge on any atom is 0.391 e. The van der Waals surface area contributed by atoms with Crippen LogP contribution in [0.25, 0.3) is 11.0 Å². The van der Waals surface area contributed by atoms with Crippen LogP contribution in [0.4, 0.5) is 36.2 Å². The largest absolute Gasteiger partial charge is 0.391 e. The first-order valence-electron chi connectivity index (χ1n) is 9.24. The van der Waals surface area contributed by atoms with E-state index >= 15 is 0 Å². The van der Waals surface area contributed by atoms with Crippen LogP contribution in [-0.2, 0) is 0 Å². The average molecular weight is 389 g/mol. The molecule has 1 fully saturated rings. The number of benzene rings is 2. The van der Waals surface area contributed by atoms with Gasteiger partial charge in [-0.05, 0) is 61.7 Å². The third kappa shape index (κ3) is 3.72. The van der Waals surface area contributed by atoms with E-state index in [0.717, 1.165) is 33.7 Å². The molecule has 4 rings (SSSR count). The fraction of sp³-hybridized carbons (Fsp3) is 0.350. The number of halogens is 3. The molecule has 0 aliphatic carbocycles. The summed E-state index contributed by atoms with van der Waals surface area (Å²) in [5, 5.41) is 3.37. The molecule has 0 radical (unpaired) electrons. The zero-order valence-corrected chi connectivity index (χ0v) is 15.5. The summed E-state index contributed by atoms with van der Waals surface area (Å²) < 4.78 is 38.6. The number of nitrogens with two attached hydrogens (primary N) is 1. The molecular weight excluding hydrogens is 367 g/mol. The van der Waals surface area contributed by atoms with Crippen LogP contribution >= 0.6 is 0 Å². The average Bonchev–Trinajstić information content (AvgIpc) is 3.02. The number of aromatic nitrogens is 2. The van der Waals surface area contributed by atoms with Crippen LogP contribution in [0.2, 0.25) is 0 Å². The van der Waals surface area contributed by atoms with Crippen molar-refractivity contribution in [3.63, 3.8) is 0 Å². The first-order valence-corrected chi connectivity index (χ1v) is 9.24. The Morgan fingerprint density at radius 3 is 2.57 bits per heavy atom. The van der Waals surface area contributed by atoms with Crippen molar-refractivity contribution in [2.45, 2.75) is 25.9 Å². The van der Waals surface area contributed by atoms with E-state index in [0.29, 0.717) is 19.0 Å². The molecule has 3 aromatic rings. The van der Waals surface area contributed by atoms with Gasteiger partial charge >= 0.3 is 6.18 Å². The van der Waals surface area contributed by atoms with Crippen molar-refractivity contribution in [1.82, 2.24) is 9.97 Å². The summed E-state index contributed by atoms with van der Waals surface area (Å²) in [5.41, 5.74) is 11.2. The second kappa shape index (κ2) is 6.92. The van der Waals surface area contributed by atoms with Crippen molar-refractivity contribution in [3.8, 4) is 0 Å². The summed E-state index contributed by atoms with van der Waals surface area (Å²) >= 11 is 0. The number of nitrogen functional groups attached to an aromatic ring is 1. The molecule has 1 saturated heterocycles. The lowest BCUT2D eigenvalue weighted by Crippen LogP contribution is -2.39. The first kappa shape index (κ1) is 18.5. The molecule has 0 spiro atoms. The summed E-state index contributed by atoms with van der Waals surface area (Å²) in [6.45, 7) is 2.84. The van der Waals surface area contributed by atoms with E-state index in [2.05, 4.69) is 15.3 Å². The molecule has 2 aromatic carbocycles. The minimum absolute atomic E-state index is 0.149. The van der Waals surface area contributed by atoms with E-state index in [4.69, 9.17) is 5.73 Å². The number of fused-ring (bicyclic) bond motifs is 1. The quantitative estimate of drug-likeness (QED) is 0.591. The Morgan fingerprint density at radius 1 is 1.14 bits per heavy atom. The third-order valence-corrected chi connectivity index (χ3v) is 5.31. The van der Waals surface area contributed by atoms with Gasteiger partial charge in [0.15, 0.2) is 5.95 Å². The smallest absolute Gasteiger partial charge is 0.371 e. The molecule has 0 unspecified atom stereocenters. The number of nitrogens with zero attached hydrogens (tertiary/aromatic N) is 2. The summed E-state index contributed by atoms with van der Waals surface area (Å²) in [7, 11) is 0. The Labute approximate surface area is 160 Å². The van der Waals surface area contributed by atoms with Gasteiger partial charge in [-0.3, -0.25) is 0 Å². The van der Waals surface area contributed by atoms with Gasteiger partial charge in [0.1, 0.15) is 0 Å². The van der Waals surface area contributed by atoms with E-state index in [-0.39, 0.29) is 12.8 Å². The Hall–Kier alpha value is -2.90. The van der Waals surface area contributed by atoms with Crippen molar-refractivity contribution < 1.29 is 13.2 Å². The van der Waals surface area contributed by atoms with Crippen molar-refractivity contribution in [1.29, 1.82) is 0 Å². The highest BCUT2D eigenvalue weighted by Gasteiger charge is 2.41. The van der Waals surface area contributed by atoms with E-state index in [1.54, 1.807) is 0 Å². The minimum Gasteiger partial charge on any atom is -0.371 e. The summed E-state index contributed by atoms with van der Waals surface area (Å²) in [5.74, 6) is -0.806. The van der Waals surface area contributed by atoms with Gasteiger partial charge in [0.05, 0.1) is 17.0 Å². The summed E-state index contributed by atoms with van der Waals surface area (Å²) in [6.07, 6.45) is -3.79. The molecular formula is C20H22F3N5. The molecule has 8 heteroatoms. The highest BCUT2D eigenvalue weighted by Crippen LogP contribution is 2.36. The van der Waals surface area contributed by atoms with E-state index < -0.39 is 12.1 Å². The van der Waals surface area contributed by atoms with Gasteiger partial charge < -0.3 is 20.9 Å². The van der Waals surface area contributed by atoms with Gasteiger partial charge in [0.2, 0.25) is 0 Å². The lowest BCUT2D eigenvalue weighted by atomic mass is 9.96. The molecule has 4 N–H and O–H groups in total. The van der Waals surface area contributed by atoms with Crippen molar-refractivity contribution >= 4 is 34.0 Å². The van der Waals surface area contributed by atoms with Crippen LogP contribution in [0, 0.1) is 12.8 Å². The Bertz CT molecular complexity index is 987. The number of anilines is 4. The lowest BCUT2D eigenvalue weighted by Gasteiger charge is -2.34. The standard InChI is InChI=1S/C20H22F3N5/c1-12-10-15(28-8-6-13(7-9-28)20(21,22)23)3-5-16(12)25-14-2-4-17-18(11-14)27-19(24)26-17/h2-5,10-11,13,25H,6-9H2,1H3,(H3,24,26,27). The van der Waals surface area contributed by atoms with Gasteiger partial charge in [-0.25, -0.2) is 4.98 Å². The van der Waals surface area contributed by atoms with Crippen LogP contribution in [0.5, 0.6) is 0 Å². The second-order valence-electron chi connectivity index (χ2n) is 7.28. The van der Waals surface area contributed by atoms with Gasteiger partial charge in [-0.2, -0.15) is 13.2 Å². The summed E-state index contributed by atoms with van der Waals surface area (Å²) in [4.78, 5) is 9.21. The number of hydrogen-bond acceptors (Lipinski definition) is 4. The first-order chi connectivity index (χ1) is 13.3. The molecule has 28 heavy (non-hydrogen) atoms. The summed E-state index contributed by atoms with van der Waals surface area (Å²) in [6, 6.07) is 11.7. The SMILES string of the molecule is Cc1cc(N2CCC(C(F)(F)F)CC2)ccc1Nc1ccc2nc(N)[nH]c2c1. The molecule has 5 nitrogen and oxygen atoms in total. The minimum atomic E-state index is -4.09. The monoisotopic (exact) mass is 389 g/mol. The third-order valence-electron chi connectivity index (χ3n) is 5.31. The van der Waals surface area contributed by atoms with Crippen LogP contribution < -0.4 is 16.0 Å². The van der Waals surface area contributed by atoms with E-state index in [1.807, 2.05) is 48.2 Å². The van der Waals surface area contributed by atoms with Crippen LogP contribution in [0.1, 0.15) is 18.4 Å². The van der Waals surface area contributed by atoms with Gasteiger partial charge in [0, 0.05) is 30.2 Å². The fourth-order valence-corrected chi connectivity index (χ4v) is 3.71. The fourth-order valence-electron chi connectivity index (χ4n) is 3.71. The predicted octanol–water partition coefficient (Wildman–Crippen LogP) is 4.98.